The van der Waals surface area contributed by atoms with Gasteiger partial charge in [0.05, 0.1) is 6.61 Å². The second kappa shape index (κ2) is 8.88. The molecule has 0 unspecified atom stereocenters. The van der Waals surface area contributed by atoms with E-state index in [9.17, 15) is 4.39 Å². The molecule has 0 spiro atoms. The number of ether oxygens (including phenoxy) is 1. The van der Waals surface area contributed by atoms with E-state index >= 15 is 0 Å². The topological polar surface area (TPSA) is 24.5 Å². The van der Waals surface area contributed by atoms with Gasteiger partial charge in [-0.05, 0) is 64.6 Å². The predicted molar refractivity (Wildman–Crippen MR) is 77.3 cm³/mol. The van der Waals surface area contributed by atoms with E-state index in [2.05, 4.69) is 17.3 Å². The highest BCUT2D eigenvalue weighted by atomic mass is 19.1. The maximum absolute atomic E-state index is 13.7. The third-order valence-electron chi connectivity index (χ3n) is 3.04. The van der Waals surface area contributed by atoms with Gasteiger partial charge in [-0.15, -0.1) is 0 Å². The Labute approximate surface area is 115 Å². The number of likely N-dealkylation sites (N-methyl/N-ethyl adjacent to an activating group) is 1. The van der Waals surface area contributed by atoms with Crippen LogP contribution in [0.25, 0.3) is 0 Å². The molecule has 1 aromatic carbocycles. The van der Waals surface area contributed by atoms with Gasteiger partial charge in [0.1, 0.15) is 0 Å². The van der Waals surface area contributed by atoms with Crippen LogP contribution in [0.3, 0.4) is 0 Å². The molecule has 1 aromatic rings. The number of benzene rings is 1. The maximum atomic E-state index is 13.7. The van der Waals surface area contributed by atoms with Crippen molar-refractivity contribution in [2.45, 2.75) is 19.8 Å². The van der Waals surface area contributed by atoms with Gasteiger partial charge in [0.25, 0.3) is 0 Å². The first kappa shape index (κ1) is 15.9. The minimum atomic E-state index is -0.266. The van der Waals surface area contributed by atoms with Gasteiger partial charge >= 0.3 is 0 Å². The van der Waals surface area contributed by atoms with Crippen LogP contribution >= 0.6 is 0 Å². The maximum Gasteiger partial charge on any atom is 0.165 e. The lowest BCUT2D eigenvalue weighted by atomic mass is 10.1. The average Bonchev–Trinajstić information content (AvgIpc) is 2.40. The zero-order valence-electron chi connectivity index (χ0n) is 12.2. The van der Waals surface area contributed by atoms with Crippen molar-refractivity contribution >= 4 is 0 Å². The van der Waals surface area contributed by atoms with Gasteiger partial charge < -0.3 is 15.0 Å². The third kappa shape index (κ3) is 6.03. The summed E-state index contributed by atoms with van der Waals surface area (Å²) in [6.07, 6.45) is 1.99. The first-order chi connectivity index (χ1) is 9.17. The second-order valence-corrected chi connectivity index (χ2v) is 4.71. The van der Waals surface area contributed by atoms with E-state index in [-0.39, 0.29) is 5.82 Å². The highest BCUT2D eigenvalue weighted by Crippen LogP contribution is 2.18. The van der Waals surface area contributed by atoms with E-state index in [4.69, 9.17) is 4.74 Å². The van der Waals surface area contributed by atoms with Crippen molar-refractivity contribution < 1.29 is 9.13 Å². The Kier molecular flexibility index (Phi) is 7.45. The molecule has 0 fully saturated rings. The lowest BCUT2D eigenvalue weighted by Crippen LogP contribution is -2.25. The van der Waals surface area contributed by atoms with Crippen molar-refractivity contribution in [3.63, 3.8) is 0 Å². The van der Waals surface area contributed by atoms with Gasteiger partial charge in [0.2, 0.25) is 0 Å². The molecule has 0 aliphatic heterocycles. The van der Waals surface area contributed by atoms with Crippen LogP contribution in [0.4, 0.5) is 4.39 Å². The normalized spacial score (nSPS) is 11.0. The Morgan fingerprint density at radius 1 is 1.32 bits per heavy atom. The summed E-state index contributed by atoms with van der Waals surface area (Å²) in [6, 6.07) is 5.23. The number of rotatable bonds is 9. The fourth-order valence-corrected chi connectivity index (χ4v) is 1.93. The molecule has 0 saturated heterocycles. The molecule has 0 heterocycles. The molecule has 4 heteroatoms. The summed E-state index contributed by atoms with van der Waals surface area (Å²) in [6.45, 7) is 5.37. The average molecular weight is 268 g/mol. The van der Waals surface area contributed by atoms with Gasteiger partial charge in [-0.3, -0.25) is 0 Å². The van der Waals surface area contributed by atoms with Crippen molar-refractivity contribution in [2.24, 2.45) is 0 Å². The number of nitrogens with one attached hydrogen (secondary N) is 1. The SMILES string of the molecule is CCOc1ccc(CCN(C)CCCNC)cc1F. The first-order valence-electron chi connectivity index (χ1n) is 6.91. The molecular weight excluding hydrogens is 243 g/mol. The summed E-state index contributed by atoms with van der Waals surface area (Å²) in [5, 5.41) is 3.13. The van der Waals surface area contributed by atoms with Crippen molar-refractivity contribution in [1.82, 2.24) is 10.2 Å². The van der Waals surface area contributed by atoms with E-state index in [1.807, 2.05) is 20.0 Å². The van der Waals surface area contributed by atoms with Crippen molar-refractivity contribution in [3.05, 3.63) is 29.6 Å². The molecule has 0 aliphatic carbocycles. The fourth-order valence-electron chi connectivity index (χ4n) is 1.93. The second-order valence-electron chi connectivity index (χ2n) is 4.71. The minimum Gasteiger partial charge on any atom is -0.491 e. The summed E-state index contributed by atoms with van der Waals surface area (Å²) in [4.78, 5) is 2.27. The Morgan fingerprint density at radius 3 is 2.74 bits per heavy atom. The van der Waals surface area contributed by atoms with Crippen LogP contribution in [0.15, 0.2) is 18.2 Å². The van der Waals surface area contributed by atoms with Crippen LogP contribution in [0.1, 0.15) is 18.9 Å². The highest BCUT2D eigenvalue weighted by Gasteiger charge is 2.05. The smallest absolute Gasteiger partial charge is 0.165 e. The van der Waals surface area contributed by atoms with Gasteiger partial charge in [-0.25, -0.2) is 4.39 Å². The largest absolute Gasteiger partial charge is 0.491 e. The lowest BCUT2D eigenvalue weighted by molar-refractivity contribution is 0.320. The van der Waals surface area contributed by atoms with Crippen molar-refractivity contribution in [2.75, 3.05) is 40.3 Å². The van der Waals surface area contributed by atoms with Crippen LogP contribution in [0, 0.1) is 5.82 Å². The Bertz CT molecular complexity index is 371. The van der Waals surface area contributed by atoms with E-state index in [1.165, 1.54) is 0 Å². The number of nitrogens with zero attached hydrogens (tertiary/aromatic N) is 1. The molecule has 0 amide bonds. The van der Waals surface area contributed by atoms with Crippen LogP contribution < -0.4 is 10.1 Å². The monoisotopic (exact) mass is 268 g/mol. The van der Waals surface area contributed by atoms with Gasteiger partial charge in [-0.1, -0.05) is 6.07 Å². The van der Waals surface area contributed by atoms with E-state index in [0.29, 0.717) is 12.4 Å². The molecule has 0 aromatic heterocycles. The molecule has 3 nitrogen and oxygen atoms in total. The number of hydrogen-bond acceptors (Lipinski definition) is 3. The molecule has 1 rings (SSSR count). The predicted octanol–water partition coefficient (Wildman–Crippen LogP) is 2.31. The van der Waals surface area contributed by atoms with Gasteiger partial charge in [0, 0.05) is 6.54 Å². The van der Waals surface area contributed by atoms with Crippen molar-refractivity contribution in [1.29, 1.82) is 0 Å². The summed E-state index contributed by atoms with van der Waals surface area (Å²) in [5.74, 6) is 0.0748. The highest BCUT2D eigenvalue weighted by molar-refractivity contribution is 5.29. The van der Waals surface area contributed by atoms with Gasteiger partial charge in [0.15, 0.2) is 11.6 Å². The molecule has 0 radical (unpaired) electrons. The van der Waals surface area contributed by atoms with E-state index < -0.39 is 0 Å². The molecule has 0 aliphatic rings. The summed E-state index contributed by atoms with van der Waals surface area (Å²) >= 11 is 0. The zero-order chi connectivity index (χ0) is 14.1. The third-order valence-corrected chi connectivity index (χ3v) is 3.04. The molecule has 108 valence electrons. The van der Waals surface area contributed by atoms with E-state index in [0.717, 1.165) is 38.0 Å². The molecular formula is C15H25FN2O. The summed E-state index contributed by atoms with van der Waals surface area (Å²) < 4.78 is 18.9. The number of hydrogen-bond donors (Lipinski definition) is 1. The quantitative estimate of drug-likeness (QED) is 0.696. The molecule has 19 heavy (non-hydrogen) atoms. The summed E-state index contributed by atoms with van der Waals surface area (Å²) in [5.41, 5.74) is 1.02. The Hall–Kier alpha value is -1.13. The summed E-state index contributed by atoms with van der Waals surface area (Å²) in [7, 11) is 4.06. The zero-order valence-corrected chi connectivity index (χ0v) is 12.2. The minimum absolute atomic E-state index is 0.266. The standard InChI is InChI=1S/C15H25FN2O/c1-4-19-15-7-6-13(12-14(15)16)8-11-18(3)10-5-9-17-2/h6-7,12,17H,4-5,8-11H2,1-3H3. The Morgan fingerprint density at radius 2 is 2.11 bits per heavy atom. The van der Waals surface area contributed by atoms with Crippen LogP contribution in [-0.2, 0) is 6.42 Å². The molecule has 0 atom stereocenters. The number of halogens is 1. The van der Waals surface area contributed by atoms with Crippen molar-refractivity contribution in [3.8, 4) is 5.75 Å². The Balaban J connectivity index is 2.38. The van der Waals surface area contributed by atoms with E-state index in [1.54, 1.807) is 12.1 Å². The molecule has 0 bridgehead atoms. The van der Waals surface area contributed by atoms with Crippen LogP contribution in [0.2, 0.25) is 0 Å². The van der Waals surface area contributed by atoms with Crippen LogP contribution in [-0.4, -0.2) is 45.2 Å². The first-order valence-corrected chi connectivity index (χ1v) is 6.91. The lowest BCUT2D eigenvalue weighted by Gasteiger charge is -2.16. The fraction of sp³-hybridized carbons (Fsp3) is 0.600. The molecule has 0 saturated carbocycles. The van der Waals surface area contributed by atoms with Gasteiger partial charge in [-0.2, -0.15) is 0 Å². The molecule has 1 N–H and O–H groups in total. The van der Waals surface area contributed by atoms with Crippen LogP contribution in [0.5, 0.6) is 5.75 Å².